The van der Waals surface area contributed by atoms with Crippen LogP contribution in [0.2, 0.25) is 15.1 Å². The van der Waals surface area contributed by atoms with E-state index in [-0.39, 0.29) is 20.6 Å². The number of rotatable bonds is 2. The number of halogens is 6. The van der Waals surface area contributed by atoms with Gasteiger partial charge in [-0.15, -0.1) is 0 Å². The van der Waals surface area contributed by atoms with Crippen LogP contribution in [0.3, 0.4) is 0 Å². The molecule has 2 aromatic carbocycles. The minimum absolute atomic E-state index is 0.0172. The van der Waals surface area contributed by atoms with Gasteiger partial charge >= 0.3 is 6.18 Å². The van der Waals surface area contributed by atoms with E-state index in [1.807, 2.05) is 0 Å². The van der Waals surface area contributed by atoms with Gasteiger partial charge in [0.15, 0.2) is 0 Å². The van der Waals surface area contributed by atoms with Gasteiger partial charge in [0, 0.05) is 0 Å². The van der Waals surface area contributed by atoms with Crippen molar-refractivity contribution in [3.8, 4) is 0 Å². The minimum Gasteiger partial charge on any atom is -0.321 e. The molecule has 2 nitrogen and oxygen atoms in total. The molecule has 116 valence electrons. The molecule has 8 heteroatoms. The molecule has 0 bridgehead atoms. The number of hydrogen-bond acceptors (Lipinski definition) is 1. The molecule has 1 amide bonds. The Morgan fingerprint density at radius 1 is 0.955 bits per heavy atom. The third-order valence-corrected chi connectivity index (χ3v) is 3.87. The van der Waals surface area contributed by atoms with E-state index < -0.39 is 23.3 Å². The lowest BCUT2D eigenvalue weighted by atomic mass is 10.1. The SMILES string of the molecule is O=C(Nc1ccccc1C(F)(F)F)c1c(Cl)ccc(Cl)c1Cl. The number of para-hydroxylation sites is 1. The van der Waals surface area contributed by atoms with Gasteiger partial charge in [0.25, 0.3) is 5.91 Å². The van der Waals surface area contributed by atoms with Crippen molar-refractivity contribution in [3.05, 3.63) is 62.6 Å². The number of carbonyl (C=O) groups excluding carboxylic acids is 1. The second-order valence-corrected chi connectivity index (χ2v) is 5.41. The van der Waals surface area contributed by atoms with Crippen LogP contribution in [0.4, 0.5) is 18.9 Å². The van der Waals surface area contributed by atoms with Gasteiger partial charge in [0.2, 0.25) is 0 Å². The fraction of sp³-hybridized carbons (Fsp3) is 0.0714. The molecule has 0 heterocycles. The molecule has 0 spiro atoms. The van der Waals surface area contributed by atoms with Crippen LogP contribution < -0.4 is 5.32 Å². The predicted molar refractivity (Wildman–Crippen MR) is 80.9 cm³/mol. The van der Waals surface area contributed by atoms with Gasteiger partial charge in [-0.3, -0.25) is 4.79 Å². The van der Waals surface area contributed by atoms with Crippen molar-refractivity contribution >= 4 is 46.4 Å². The Balaban J connectivity index is 2.41. The summed E-state index contributed by atoms with van der Waals surface area (Å²) in [6.07, 6.45) is -4.61. The zero-order valence-electron chi connectivity index (χ0n) is 10.6. The molecule has 22 heavy (non-hydrogen) atoms. The second-order valence-electron chi connectivity index (χ2n) is 4.22. The van der Waals surface area contributed by atoms with E-state index in [1.165, 1.54) is 24.3 Å². The minimum atomic E-state index is -4.61. The Morgan fingerprint density at radius 2 is 1.55 bits per heavy atom. The zero-order valence-corrected chi connectivity index (χ0v) is 12.9. The Labute approximate surface area is 138 Å². The molecule has 0 saturated carbocycles. The van der Waals surface area contributed by atoms with E-state index in [4.69, 9.17) is 34.8 Å². The zero-order chi connectivity index (χ0) is 16.5. The van der Waals surface area contributed by atoms with Crippen LogP contribution in [-0.2, 0) is 6.18 Å². The molecule has 0 fully saturated rings. The fourth-order valence-corrected chi connectivity index (χ4v) is 2.46. The summed E-state index contributed by atoms with van der Waals surface area (Å²) in [4.78, 5) is 12.2. The maximum absolute atomic E-state index is 12.9. The van der Waals surface area contributed by atoms with Crippen molar-refractivity contribution in [2.45, 2.75) is 6.18 Å². The largest absolute Gasteiger partial charge is 0.418 e. The lowest BCUT2D eigenvalue weighted by Crippen LogP contribution is -2.17. The monoisotopic (exact) mass is 367 g/mol. The number of hydrogen-bond donors (Lipinski definition) is 1. The van der Waals surface area contributed by atoms with Crippen molar-refractivity contribution in [1.82, 2.24) is 0 Å². The van der Waals surface area contributed by atoms with Gasteiger partial charge in [-0.2, -0.15) is 13.2 Å². The Morgan fingerprint density at radius 3 is 2.18 bits per heavy atom. The third kappa shape index (κ3) is 3.48. The Hall–Kier alpha value is -1.43. The molecule has 0 radical (unpaired) electrons. The summed E-state index contributed by atoms with van der Waals surface area (Å²) in [5.41, 5.74) is -1.56. The molecular weight excluding hydrogens is 362 g/mol. The maximum Gasteiger partial charge on any atom is 0.418 e. The van der Waals surface area contributed by atoms with Crippen LogP contribution in [0, 0.1) is 0 Å². The van der Waals surface area contributed by atoms with Crippen LogP contribution in [-0.4, -0.2) is 5.91 Å². The Bertz CT molecular complexity index is 732. The number of carbonyl (C=O) groups is 1. The molecular formula is C14H7Cl3F3NO. The normalized spacial score (nSPS) is 11.4. The van der Waals surface area contributed by atoms with Gasteiger partial charge in [-0.1, -0.05) is 46.9 Å². The number of benzene rings is 2. The standard InChI is InChI=1S/C14H7Cl3F3NO/c15-8-5-6-9(16)12(17)11(8)13(22)21-10-4-2-1-3-7(10)14(18,19)20/h1-6H,(H,21,22). The van der Waals surface area contributed by atoms with Crippen molar-refractivity contribution in [1.29, 1.82) is 0 Å². The first-order valence-electron chi connectivity index (χ1n) is 5.83. The summed E-state index contributed by atoms with van der Waals surface area (Å²) in [5.74, 6) is -0.880. The summed E-state index contributed by atoms with van der Waals surface area (Å²) >= 11 is 17.5. The van der Waals surface area contributed by atoms with Gasteiger partial charge in [0.05, 0.1) is 31.9 Å². The maximum atomic E-state index is 12.9. The van der Waals surface area contributed by atoms with Crippen LogP contribution in [0.15, 0.2) is 36.4 Å². The number of anilines is 1. The lowest BCUT2D eigenvalue weighted by Gasteiger charge is -2.14. The van der Waals surface area contributed by atoms with Crippen LogP contribution in [0.5, 0.6) is 0 Å². The number of alkyl halides is 3. The van der Waals surface area contributed by atoms with Crippen LogP contribution in [0.25, 0.3) is 0 Å². The highest BCUT2D eigenvalue weighted by molar-refractivity contribution is 6.46. The molecule has 0 aromatic heterocycles. The smallest absolute Gasteiger partial charge is 0.321 e. The van der Waals surface area contributed by atoms with Crippen LogP contribution >= 0.6 is 34.8 Å². The first-order valence-corrected chi connectivity index (χ1v) is 6.96. The summed E-state index contributed by atoms with van der Waals surface area (Å²) in [6.45, 7) is 0. The van der Waals surface area contributed by atoms with Gasteiger partial charge < -0.3 is 5.32 Å². The van der Waals surface area contributed by atoms with Crippen molar-refractivity contribution in [2.75, 3.05) is 5.32 Å². The molecule has 2 rings (SSSR count). The first kappa shape index (κ1) is 16.9. The van der Waals surface area contributed by atoms with E-state index in [2.05, 4.69) is 5.32 Å². The van der Waals surface area contributed by atoms with E-state index in [9.17, 15) is 18.0 Å². The van der Waals surface area contributed by atoms with Crippen molar-refractivity contribution < 1.29 is 18.0 Å². The lowest BCUT2D eigenvalue weighted by molar-refractivity contribution is -0.136. The fourth-order valence-electron chi connectivity index (χ4n) is 1.76. The van der Waals surface area contributed by atoms with Gasteiger partial charge in [-0.25, -0.2) is 0 Å². The third-order valence-electron chi connectivity index (χ3n) is 2.75. The number of nitrogens with one attached hydrogen (secondary N) is 1. The highest BCUT2D eigenvalue weighted by atomic mass is 35.5. The summed E-state index contributed by atoms with van der Waals surface area (Å²) in [7, 11) is 0. The van der Waals surface area contributed by atoms with E-state index in [0.717, 1.165) is 12.1 Å². The predicted octanol–water partition coefficient (Wildman–Crippen LogP) is 5.92. The average Bonchev–Trinajstić information content (AvgIpc) is 2.43. The van der Waals surface area contributed by atoms with Crippen molar-refractivity contribution in [3.63, 3.8) is 0 Å². The summed E-state index contributed by atoms with van der Waals surface area (Å²) in [5, 5.41) is 2.08. The van der Waals surface area contributed by atoms with E-state index in [1.54, 1.807) is 0 Å². The van der Waals surface area contributed by atoms with E-state index >= 15 is 0 Å². The molecule has 1 N–H and O–H groups in total. The van der Waals surface area contributed by atoms with Gasteiger partial charge in [-0.05, 0) is 24.3 Å². The molecule has 0 aliphatic heterocycles. The topological polar surface area (TPSA) is 29.1 Å². The van der Waals surface area contributed by atoms with Gasteiger partial charge in [0.1, 0.15) is 0 Å². The number of amides is 1. The quantitative estimate of drug-likeness (QED) is 0.655. The molecule has 0 saturated heterocycles. The molecule has 0 aliphatic carbocycles. The summed E-state index contributed by atoms with van der Waals surface area (Å²) in [6, 6.07) is 7.29. The Kier molecular flexibility index (Phi) is 4.90. The van der Waals surface area contributed by atoms with E-state index in [0.29, 0.717) is 0 Å². The highest BCUT2D eigenvalue weighted by Crippen LogP contribution is 2.36. The molecule has 0 unspecified atom stereocenters. The molecule has 0 aliphatic rings. The van der Waals surface area contributed by atoms with Crippen molar-refractivity contribution in [2.24, 2.45) is 0 Å². The first-order chi connectivity index (χ1) is 10.2. The summed E-state index contributed by atoms with van der Waals surface area (Å²) < 4.78 is 38.7. The van der Waals surface area contributed by atoms with Crippen LogP contribution in [0.1, 0.15) is 15.9 Å². The molecule has 2 aromatic rings. The second kappa shape index (κ2) is 6.36. The molecule has 0 atom stereocenters. The highest BCUT2D eigenvalue weighted by Gasteiger charge is 2.33. The average molecular weight is 369 g/mol.